The highest BCUT2D eigenvalue weighted by atomic mass is 35.5. The van der Waals surface area contributed by atoms with Gasteiger partial charge in [0.15, 0.2) is 6.04 Å². The van der Waals surface area contributed by atoms with Crippen LogP contribution in [0.15, 0.2) is 48.5 Å². The lowest BCUT2D eigenvalue weighted by Crippen LogP contribution is -2.91. The number of quaternary nitrogens is 1. The fraction of sp³-hybridized carbons (Fsp3) is 0.316. The van der Waals surface area contributed by atoms with Crippen molar-refractivity contribution >= 4 is 23.2 Å². The number of hydrogen-bond acceptors (Lipinski definition) is 1. The second-order valence-electron chi connectivity index (χ2n) is 5.86. The van der Waals surface area contributed by atoms with E-state index >= 15 is 0 Å². The summed E-state index contributed by atoms with van der Waals surface area (Å²) in [6.07, 6.45) is 0.996. The Morgan fingerprint density at radius 3 is 2.48 bits per heavy atom. The second kappa shape index (κ2) is 8.14. The maximum Gasteiger partial charge on any atom is 0.282 e. The van der Waals surface area contributed by atoms with E-state index in [1.807, 2.05) is 60.8 Å². The minimum Gasteiger partial charge on any atom is -0.330 e. The van der Waals surface area contributed by atoms with E-state index in [-0.39, 0.29) is 18.0 Å². The predicted molar refractivity (Wildman–Crippen MR) is 95.7 cm³/mol. The number of benzene rings is 2. The van der Waals surface area contributed by atoms with Crippen molar-refractivity contribution in [3.05, 3.63) is 64.7 Å². The van der Waals surface area contributed by atoms with Gasteiger partial charge in [-0.05, 0) is 50.1 Å². The molecule has 0 heterocycles. The van der Waals surface area contributed by atoms with E-state index in [2.05, 4.69) is 19.2 Å². The third kappa shape index (κ3) is 5.08. The molecule has 0 bridgehead atoms. The van der Waals surface area contributed by atoms with Gasteiger partial charge < -0.3 is 10.6 Å². The average molecular weight is 332 g/mol. The van der Waals surface area contributed by atoms with Gasteiger partial charge in [0.1, 0.15) is 6.04 Å². The summed E-state index contributed by atoms with van der Waals surface area (Å²) in [5, 5.41) is 5.73. The third-order valence-corrected chi connectivity index (χ3v) is 4.23. The number of carbonyl (C=O) groups is 1. The summed E-state index contributed by atoms with van der Waals surface area (Å²) in [5.41, 5.74) is 3.21. The zero-order valence-electron chi connectivity index (χ0n) is 13.8. The van der Waals surface area contributed by atoms with Crippen LogP contribution in [0.3, 0.4) is 0 Å². The standard InChI is InChI=1S/C19H23ClN2O/c1-4-15-8-10-18(11-9-15)22-19(23)14(3)21-13(2)16-6-5-7-17(20)12-16/h5-14,21H,4H2,1-3H3,(H,22,23)/p+1/t13-,14-/m0/s1. The van der Waals surface area contributed by atoms with Crippen molar-refractivity contribution in [3.8, 4) is 0 Å². The van der Waals surface area contributed by atoms with Crippen molar-refractivity contribution in [2.45, 2.75) is 39.3 Å². The molecule has 2 rings (SSSR count). The van der Waals surface area contributed by atoms with Gasteiger partial charge in [-0.2, -0.15) is 0 Å². The van der Waals surface area contributed by atoms with E-state index in [4.69, 9.17) is 11.6 Å². The predicted octanol–water partition coefficient (Wildman–Crippen LogP) is 3.55. The number of nitrogens with one attached hydrogen (secondary N) is 1. The summed E-state index contributed by atoms with van der Waals surface area (Å²) in [7, 11) is 0. The van der Waals surface area contributed by atoms with Crippen LogP contribution in [0, 0.1) is 0 Å². The smallest absolute Gasteiger partial charge is 0.282 e. The molecule has 23 heavy (non-hydrogen) atoms. The molecule has 0 aliphatic carbocycles. The number of carbonyl (C=O) groups excluding carboxylic acids is 1. The van der Waals surface area contributed by atoms with Gasteiger partial charge in [-0.1, -0.05) is 42.8 Å². The molecular formula is C19H24ClN2O+. The van der Waals surface area contributed by atoms with Crippen LogP contribution in [0.25, 0.3) is 0 Å². The van der Waals surface area contributed by atoms with Crippen molar-refractivity contribution in [2.24, 2.45) is 0 Å². The number of rotatable bonds is 6. The van der Waals surface area contributed by atoms with Crippen molar-refractivity contribution in [1.29, 1.82) is 0 Å². The zero-order chi connectivity index (χ0) is 16.8. The number of amides is 1. The zero-order valence-corrected chi connectivity index (χ0v) is 14.6. The molecule has 0 aromatic heterocycles. The highest BCUT2D eigenvalue weighted by Crippen LogP contribution is 2.15. The van der Waals surface area contributed by atoms with E-state index in [0.717, 1.165) is 22.7 Å². The summed E-state index contributed by atoms with van der Waals surface area (Å²) in [5.74, 6) is 0.00289. The minimum atomic E-state index is -0.185. The van der Waals surface area contributed by atoms with E-state index in [1.54, 1.807) is 0 Å². The number of anilines is 1. The van der Waals surface area contributed by atoms with Gasteiger partial charge >= 0.3 is 0 Å². The Balaban J connectivity index is 1.93. The van der Waals surface area contributed by atoms with E-state index < -0.39 is 0 Å². The minimum absolute atomic E-state index is 0.00289. The Bertz CT molecular complexity index is 655. The Morgan fingerprint density at radius 1 is 1.17 bits per heavy atom. The number of aryl methyl sites for hydroxylation is 1. The quantitative estimate of drug-likeness (QED) is 0.835. The molecule has 122 valence electrons. The Morgan fingerprint density at radius 2 is 1.87 bits per heavy atom. The van der Waals surface area contributed by atoms with Crippen LogP contribution in [-0.2, 0) is 11.2 Å². The molecule has 0 aliphatic rings. The van der Waals surface area contributed by atoms with Gasteiger partial charge in [0.25, 0.3) is 5.91 Å². The highest BCUT2D eigenvalue weighted by molar-refractivity contribution is 6.30. The monoisotopic (exact) mass is 331 g/mol. The molecule has 0 saturated heterocycles. The van der Waals surface area contributed by atoms with Gasteiger partial charge in [0.05, 0.1) is 0 Å². The van der Waals surface area contributed by atoms with Crippen LogP contribution in [0.5, 0.6) is 0 Å². The molecule has 0 unspecified atom stereocenters. The topological polar surface area (TPSA) is 45.7 Å². The van der Waals surface area contributed by atoms with E-state index in [9.17, 15) is 4.79 Å². The van der Waals surface area contributed by atoms with Crippen LogP contribution in [0.4, 0.5) is 5.69 Å². The summed E-state index contributed by atoms with van der Waals surface area (Å²) in [4.78, 5) is 12.3. The molecule has 0 fully saturated rings. The summed E-state index contributed by atoms with van der Waals surface area (Å²) < 4.78 is 0. The maximum absolute atomic E-state index is 12.3. The molecule has 4 heteroatoms. The molecule has 0 radical (unpaired) electrons. The lowest BCUT2D eigenvalue weighted by molar-refractivity contribution is -0.709. The fourth-order valence-corrected chi connectivity index (χ4v) is 2.70. The van der Waals surface area contributed by atoms with Crippen LogP contribution < -0.4 is 10.6 Å². The average Bonchev–Trinajstić information content (AvgIpc) is 2.55. The molecular weight excluding hydrogens is 308 g/mol. The molecule has 2 aromatic carbocycles. The summed E-state index contributed by atoms with van der Waals surface area (Å²) in [6.45, 7) is 6.10. The van der Waals surface area contributed by atoms with Gasteiger partial charge in [0, 0.05) is 16.3 Å². The molecule has 2 aromatic rings. The van der Waals surface area contributed by atoms with Crippen molar-refractivity contribution in [2.75, 3.05) is 5.32 Å². The third-order valence-electron chi connectivity index (χ3n) is 4.00. The summed E-state index contributed by atoms with van der Waals surface area (Å²) in [6, 6.07) is 15.7. The van der Waals surface area contributed by atoms with Crippen LogP contribution in [0.1, 0.15) is 37.9 Å². The van der Waals surface area contributed by atoms with Crippen molar-refractivity contribution < 1.29 is 10.1 Å². The van der Waals surface area contributed by atoms with Crippen LogP contribution >= 0.6 is 11.6 Å². The first-order valence-electron chi connectivity index (χ1n) is 8.00. The van der Waals surface area contributed by atoms with E-state index in [1.165, 1.54) is 5.56 Å². The number of nitrogens with two attached hydrogens (primary N) is 1. The van der Waals surface area contributed by atoms with Crippen LogP contribution in [-0.4, -0.2) is 11.9 Å². The first-order chi connectivity index (χ1) is 11.0. The Kier molecular flexibility index (Phi) is 6.20. The molecule has 2 atom stereocenters. The molecule has 0 spiro atoms. The first kappa shape index (κ1) is 17.5. The first-order valence-corrected chi connectivity index (χ1v) is 8.37. The lowest BCUT2D eigenvalue weighted by Gasteiger charge is -2.17. The number of hydrogen-bond donors (Lipinski definition) is 2. The molecule has 1 amide bonds. The molecule has 3 nitrogen and oxygen atoms in total. The van der Waals surface area contributed by atoms with Gasteiger partial charge in [0.2, 0.25) is 0 Å². The maximum atomic E-state index is 12.3. The molecule has 3 N–H and O–H groups in total. The Labute approximate surface area is 143 Å². The normalized spacial score (nSPS) is 13.4. The lowest BCUT2D eigenvalue weighted by atomic mass is 10.1. The van der Waals surface area contributed by atoms with Gasteiger partial charge in [-0.25, -0.2) is 0 Å². The fourth-order valence-electron chi connectivity index (χ4n) is 2.50. The van der Waals surface area contributed by atoms with E-state index in [0.29, 0.717) is 0 Å². The number of halogens is 1. The molecule has 0 aliphatic heterocycles. The SMILES string of the molecule is CCc1ccc(NC(=O)[C@H](C)[NH2+][C@@H](C)c2cccc(Cl)c2)cc1. The largest absolute Gasteiger partial charge is 0.330 e. The van der Waals surface area contributed by atoms with Gasteiger partial charge in [-0.3, -0.25) is 4.79 Å². The summed E-state index contributed by atoms with van der Waals surface area (Å²) >= 11 is 6.03. The van der Waals surface area contributed by atoms with Crippen molar-refractivity contribution in [1.82, 2.24) is 0 Å². The second-order valence-corrected chi connectivity index (χ2v) is 6.30. The molecule has 0 saturated carbocycles. The van der Waals surface area contributed by atoms with Crippen LogP contribution in [0.2, 0.25) is 5.02 Å². The van der Waals surface area contributed by atoms with Gasteiger partial charge in [-0.15, -0.1) is 0 Å². The Hall–Kier alpha value is -1.84. The highest BCUT2D eigenvalue weighted by Gasteiger charge is 2.20. The van der Waals surface area contributed by atoms with Crippen molar-refractivity contribution in [3.63, 3.8) is 0 Å².